The summed E-state index contributed by atoms with van der Waals surface area (Å²) in [5.41, 5.74) is 6.95. The van der Waals surface area contributed by atoms with Gasteiger partial charge in [-0.1, -0.05) is 296 Å². The van der Waals surface area contributed by atoms with Crippen LogP contribution in [0.1, 0.15) is 463 Å². The molecule has 10 rings (SSSR count). The van der Waals surface area contributed by atoms with Gasteiger partial charge in [-0.3, -0.25) is 19.2 Å². The first-order valence-electron chi connectivity index (χ1n) is 47.8. The molecular weight excluding hydrogens is 1610 g/mol. The molecule has 0 spiro atoms. The van der Waals surface area contributed by atoms with Crippen molar-refractivity contribution in [2.24, 2.45) is 27.6 Å². The predicted molar refractivity (Wildman–Crippen MR) is 564 cm³/mol. The molecule has 5 atom stereocenters. The van der Waals surface area contributed by atoms with E-state index in [1.165, 1.54) is 115 Å². The van der Waals surface area contributed by atoms with Gasteiger partial charge in [0, 0.05) is 0 Å². The van der Waals surface area contributed by atoms with Crippen LogP contribution in [-0.2, 0) is 38.1 Å². The highest BCUT2D eigenvalue weighted by Crippen LogP contribution is 2.41. The van der Waals surface area contributed by atoms with Gasteiger partial charge in [0.15, 0.2) is 0 Å². The van der Waals surface area contributed by atoms with Crippen molar-refractivity contribution in [3.05, 3.63) is 192 Å². The van der Waals surface area contributed by atoms with Gasteiger partial charge >= 0.3 is 23.9 Å². The van der Waals surface area contributed by atoms with Crippen LogP contribution in [0.15, 0.2) is 164 Å². The Morgan fingerprint density at radius 3 is 0.892 bits per heavy atom. The predicted octanol–water partition coefficient (Wildman–Crippen LogP) is 36.3. The van der Waals surface area contributed by atoms with Crippen LogP contribution in [0.3, 0.4) is 0 Å². The molecule has 3 saturated carbocycles. The summed E-state index contributed by atoms with van der Waals surface area (Å²) in [5, 5.41) is 38.7. The summed E-state index contributed by atoms with van der Waals surface area (Å²) < 4.78 is 22.7. The summed E-state index contributed by atoms with van der Waals surface area (Å²) in [6, 6.07) is 53.7. The number of fused-ring (bicyclic) bond motifs is 1. The van der Waals surface area contributed by atoms with Crippen molar-refractivity contribution >= 4 is 34.6 Å². The molecule has 0 saturated heterocycles. The average Bonchev–Trinajstić information content (AvgIpc) is 1.27. The number of aromatic hydroxyl groups is 4. The van der Waals surface area contributed by atoms with Gasteiger partial charge in [0.05, 0.1) is 21.7 Å². The lowest BCUT2D eigenvalue weighted by Crippen LogP contribution is -2.41. The topological polar surface area (TPSA) is 186 Å². The molecule has 12 nitrogen and oxygen atoms in total. The van der Waals surface area contributed by atoms with E-state index in [1.54, 1.807) is 48.5 Å². The van der Waals surface area contributed by atoms with Gasteiger partial charge < -0.3 is 39.4 Å². The largest absolute Gasteiger partial charge is 0.508 e. The molecule has 3 fully saturated rings. The summed E-state index contributed by atoms with van der Waals surface area (Å²) in [4.78, 5) is 47.7. The second-order valence-corrected chi connectivity index (χ2v) is 39.5. The monoisotopic (exact) mass is 1810 g/mol. The maximum Gasteiger partial charge on any atom is 0.312 e. The fourth-order valence-corrected chi connectivity index (χ4v) is 14.0. The van der Waals surface area contributed by atoms with E-state index < -0.39 is 0 Å². The van der Waals surface area contributed by atoms with Crippen LogP contribution in [0.2, 0.25) is 0 Å². The Morgan fingerprint density at radius 2 is 0.577 bits per heavy atom. The van der Waals surface area contributed by atoms with Crippen molar-refractivity contribution in [3.63, 3.8) is 0 Å². The molecule has 7 aromatic carbocycles. The van der Waals surface area contributed by atoms with Gasteiger partial charge in [0.2, 0.25) is 0 Å². The smallest absolute Gasteiger partial charge is 0.312 e. The Labute approximate surface area is 799 Å². The van der Waals surface area contributed by atoms with E-state index in [0.29, 0.717) is 58.5 Å². The Hall–Kier alpha value is -8.12. The molecule has 0 aromatic heterocycles. The highest BCUT2D eigenvalue weighted by molar-refractivity contribution is 5.84. The first kappa shape index (κ1) is 130. The van der Waals surface area contributed by atoms with Crippen molar-refractivity contribution in [2.75, 3.05) is 0 Å². The van der Waals surface area contributed by atoms with E-state index in [2.05, 4.69) is 170 Å². The molecule has 130 heavy (non-hydrogen) atoms. The van der Waals surface area contributed by atoms with E-state index in [0.717, 1.165) is 95.3 Å². The fourth-order valence-electron chi connectivity index (χ4n) is 14.0. The second-order valence-electron chi connectivity index (χ2n) is 39.5. The van der Waals surface area contributed by atoms with Crippen molar-refractivity contribution in [1.29, 1.82) is 0 Å². The number of phenolic OH excluding ortho intramolecular Hbond substituents is 4. The van der Waals surface area contributed by atoms with Crippen LogP contribution in [0.25, 0.3) is 21.9 Å². The highest BCUT2D eigenvalue weighted by atomic mass is 16.6. The van der Waals surface area contributed by atoms with E-state index in [1.807, 2.05) is 146 Å². The van der Waals surface area contributed by atoms with Crippen LogP contribution in [0.4, 0.5) is 0 Å². The molecule has 0 bridgehead atoms. The zero-order chi connectivity index (χ0) is 93.9. The third-order valence-electron chi connectivity index (χ3n) is 26.7. The molecule has 4 N–H and O–H groups in total. The lowest BCUT2D eigenvalue weighted by molar-refractivity contribution is -0.175. The number of hydrogen-bond acceptors (Lipinski definition) is 12. The Morgan fingerprint density at radius 1 is 0.315 bits per heavy atom. The Kier molecular flexibility index (Phi) is 64.1. The van der Waals surface area contributed by atoms with Crippen molar-refractivity contribution in [2.45, 2.75) is 458 Å². The second kappa shape index (κ2) is 63.9. The number of rotatable bonds is 25. The molecule has 3 aliphatic rings. The molecular formula is C118H198O12. The lowest BCUT2D eigenvalue weighted by Gasteiger charge is -2.38. The van der Waals surface area contributed by atoms with Gasteiger partial charge in [0.25, 0.3) is 0 Å². The molecule has 5 unspecified atom stereocenters. The standard InChI is InChI=1S/C16H18.C15H28O2.C14H26O2.C14H16O.C13H24O2.C10H20O2.3C10H14O.6CH4/c1-3-13(2)14-9-11-16(12-10-14)15-7-5-4-6-8-15;1-6-14(2,3)13(16)17-15(4,5)12-10-8-7-9-11-12;1-5-13(3,4)12(15)16-14(6-2)10-8-7-9-11-14;1-3-10(2)11-4-5-13-9-14(15)7-6-12(13)8-11;1-5-12(3,4)11(14)15-13(6-2)9-7-8-10-13;1-7-10(5,6)8(11)12-9(2,3)4;3*1-3-8(2)9-4-6-10(11)7-5-9;;;;;;/h4-13H,3H2,1-2H3;12H,6-11H2,1-5H3;5-11H2,1-4H3;4-10,15H,3H2,1-2H3;5-10H2,1-4H3;7H2,1-6H3;3*4-8,11H,3H2,1-2H3;6*1H4. The van der Waals surface area contributed by atoms with Crippen LogP contribution in [0.5, 0.6) is 23.0 Å². The molecule has 3 aliphatic carbocycles. The molecule has 0 amide bonds. The van der Waals surface area contributed by atoms with Gasteiger partial charge in [0.1, 0.15) is 45.4 Å². The van der Waals surface area contributed by atoms with E-state index in [9.17, 15) is 24.3 Å². The van der Waals surface area contributed by atoms with E-state index >= 15 is 0 Å². The molecule has 0 heterocycles. The highest BCUT2D eigenvalue weighted by Gasteiger charge is 2.42. The maximum atomic E-state index is 12.1. The first-order valence-corrected chi connectivity index (χ1v) is 47.8. The molecule has 12 heteroatoms. The minimum atomic E-state index is -0.372. The minimum absolute atomic E-state index is 0. The molecule has 0 radical (unpaired) electrons. The fraction of sp³-hybridized carbons (Fsp3) is 0.627. The quantitative estimate of drug-likeness (QED) is 0.0314. The summed E-state index contributed by atoms with van der Waals surface area (Å²) in [6.07, 6.45) is 27.6. The Balaban J connectivity index is -0.000000450. The molecule has 7 aromatic rings. The zero-order valence-corrected chi connectivity index (χ0v) is 83.3. The zero-order valence-electron chi connectivity index (χ0n) is 83.3. The summed E-state index contributed by atoms with van der Waals surface area (Å²) >= 11 is 0. The number of phenols is 4. The molecule has 0 aliphatic heterocycles. The molecule has 742 valence electrons. The third kappa shape index (κ3) is 46.5. The average molecular weight is 1810 g/mol. The van der Waals surface area contributed by atoms with Gasteiger partial charge in [-0.15, -0.1) is 0 Å². The van der Waals surface area contributed by atoms with Gasteiger partial charge in [-0.2, -0.15) is 0 Å². The normalized spacial score (nSPS) is 14.8. The van der Waals surface area contributed by atoms with Crippen LogP contribution in [-0.4, -0.2) is 66.7 Å². The van der Waals surface area contributed by atoms with Crippen LogP contribution < -0.4 is 0 Å². The number of carbonyl (C=O) groups excluding carboxylic acids is 4. The van der Waals surface area contributed by atoms with Gasteiger partial charge in [-0.25, -0.2) is 0 Å². The van der Waals surface area contributed by atoms with E-state index in [4.69, 9.17) is 34.3 Å². The first-order chi connectivity index (χ1) is 58.1. The van der Waals surface area contributed by atoms with Crippen molar-refractivity contribution in [3.8, 4) is 34.1 Å². The maximum absolute atomic E-state index is 12.1. The Bertz CT molecular complexity index is 3960. The van der Waals surface area contributed by atoms with Gasteiger partial charge in [-0.05, 0) is 359 Å². The van der Waals surface area contributed by atoms with Crippen molar-refractivity contribution < 1.29 is 58.6 Å². The third-order valence-corrected chi connectivity index (χ3v) is 26.7. The number of hydrogen-bond donors (Lipinski definition) is 4. The minimum Gasteiger partial charge on any atom is -0.508 e. The van der Waals surface area contributed by atoms with E-state index in [-0.39, 0.29) is 113 Å². The van der Waals surface area contributed by atoms with Crippen molar-refractivity contribution in [1.82, 2.24) is 0 Å². The number of benzene rings is 7. The van der Waals surface area contributed by atoms with Crippen LogP contribution in [0, 0.1) is 27.6 Å². The SMILES string of the molecule is C.C.C.C.C.C.CCC(C)(C)C(=O)OC(C)(C)C.CCC(C)(C)C(=O)OC(C)(C)C1CCCCC1.CCC(C)c1ccc(-c2ccccc2)cc1.CCC(C)c1ccc(O)cc1.CCC(C)c1ccc(O)cc1.CCC(C)c1ccc(O)cc1.CCC(C)c1ccc2cc(O)ccc2c1.CCC1(OC(=O)C(C)(C)CC)CCCC1.CCC1(OC(=O)C(C)(C)CC)CCCCC1. The summed E-state index contributed by atoms with van der Waals surface area (Å²) in [6.45, 7) is 59.8. The summed E-state index contributed by atoms with van der Waals surface area (Å²) in [5.74, 6) is 4.74. The summed E-state index contributed by atoms with van der Waals surface area (Å²) in [7, 11) is 0. The number of carbonyl (C=O) groups is 4. The number of esters is 4. The van der Waals surface area contributed by atoms with Crippen LogP contribution >= 0.6 is 0 Å². The number of ether oxygens (including phenoxy) is 4. The lowest BCUT2D eigenvalue weighted by atomic mass is 9.78.